The van der Waals surface area contributed by atoms with E-state index in [1.807, 2.05) is 33.0 Å². The molecule has 0 aromatic heterocycles. The SMILES string of the molecule is CNC(C)(C)C(=O)c1ccc(CC(C)C)cc1. The summed E-state index contributed by atoms with van der Waals surface area (Å²) in [6, 6.07) is 7.97. The normalized spacial score (nSPS) is 11.9. The molecule has 0 aliphatic carbocycles. The molecule has 1 N–H and O–H groups in total. The van der Waals surface area contributed by atoms with Crippen LogP contribution in [-0.2, 0) is 6.42 Å². The van der Waals surface area contributed by atoms with Gasteiger partial charge in [0.2, 0.25) is 0 Å². The van der Waals surface area contributed by atoms with Crippen LogP contribution >= 0.6 is 0 Å². The molecule has 0 saturated carbocycles. The van der Waals surface area contributed by atoms with Crippen LogP contribution in [0.5, 0.6) is 0 Å². The van der Waals surface area contributed by atoms with E-state index in [4.69, 9.17) is 0 Å². The minimum absolute atomic E-state index is 0.135. The number of likely N-dealkylation sites (N-methyl/N-ethyl adjacent to an activating group) is 1. The number of nitrogens with one attached hydrogen (secondary N) is 1. The third kappa shape index (κ3) is 3.67. The van der Waals surface area contributed by atoms with E-state index < -0.39 is 5.54 Å². The molecule has 1 aromatic carbocycles. The number of benzene rings is 1. The molecule has 0 aliphatic heterocycles. The lowest BCUT2D eigenvalue weighted by Gasteiger charge is -2.22. The van der Waals surface area contributed by atoms with Crippen molar-refractivity contribution in [2.75, 3.05) is 7.05 Å². The standard InChI is InChI=1S/C15H23NO/c1-11(2)10-12-6-8-13(9-7-12)14(17)15(3,4)16-5/h6-9,11,16H,10H2,1-5H3. The second-order valence-corrected chi connectivity index (χ2v) is 5.50. The number of carbonyl (C=O) groups excluding carboxylic acids is 1. The Hall–Kier alpha value is -1.15. The zero-order valence-corrected chi connectivity index (χ0v) is 11.5. The first-order chi connectivity index (χ1) is 7.86. The van der Waals surface area contributed by atoms with Crippen molar-refractivity contribution in [3.05, 3.63) is 35.4 Å². The molecule has 17 heavy (non-hydrogen) atoms. The first kappa shape index (κ1) is 13.9. The van der Waals surface area contributed by atoms with E-state index in [1.54, 1.807) is 0 Å². The summed E-state index contributed by atoms with van der Waals surface area (Å²) in [6.45, 7) is 8.20. The molecule has 94 valence electrons. The molecule has 0 saturated heterocycles. The zero-order valence-electron chi connectivity index (χ0n) is 11.5. The number of hydrogen-bond acceptors (Lipinski definition) is 2. The first-order valence-electron chi connectivity index (χ1n) is 6.19. The van der Waals surface area contributed by atoms with Crippen LogP contribution < -0.4 is 5.32 Å². The van der Waals surface area contributed by atoms with Crippen LogP contribution in [0.1, 0.15) is 43.6 Å². The fourth-order valence-electron chi connectivity index (χ4n) is 1.74. The van der Waals surface area contributed by atoms with Gasteiger partial charge in [-0.2, -0.15) is 0 Å². The second-order valence-electron chi connectivity index (χ2n) is 5.50. The fraction of sp³-hybridized carbons (Fsp3) is 0.533. The molecule has 0 radical (unpaired) electrons. The summed E-state index contributed by atoms with van der Waals surface area (Å²) < 4.78 is 0. The van der Waals surface area contributed by atoms with Crippen LogP contribution in [0.3, 0.4) is 0 Å². The van der Waals surface area contributed by atoms with Crippen LogP contribution in [0.4, 0.5) is 0 Å². The molecule has 2 nitrogen and oxygen atoms in total. The van der Waals surface area contributed by atoms with E-state index in [0.29, 0.717) is 5.92 Å². The van der Waals surface area contributed by atoms with Crippen LogP contribution in [0.2, 0.25) is 0 Å². The van der Waals surface area contributed by atoms with E-state index >= 15 is 0 Å². The summed E-state index contributed by atoms with van der Waals surface area (Å²) in [5, 5.41) is 3.04. The van der Waals surface area contributed by atoms with Gasteiger partial charge in [0.15, 0.2) is 5.78 Å². The maximum Gasteiger partial charge on any atom is 0.182 e. The summed E-state index contributed by atoms with van der Waals surface area (Å²) in [6.07, 6.45) is 1.06. The number of Topliss-reactive ketones (excluding diaryl/α,β-unsaturated/α-hetero) is 1. The Labute approximate surface area is 104 Å². The lowest BCUT2D eigenvalue weighted by Crippen LogP contribution is -2.44. The fourth-order valence-corrected chi connectivity index (χ4v) is 1.74. The monoisotopic (exact) mass is 233 g/mol. The maximum absolute atomic E-state index is 12.2. The number of carbonyl (C=O) groups is 1. The lowest BCUT2D eigenvalue weighted by atomic mass is 9.92. The average molecular weight is 233 g/mol. The van der Waals surface area contributed by atoms with Gasteiger partial charge in [-0.1, -0.05) is 38.1 Å². The summed E-state index contributed by atoms with van der Waals surface area (Å²) in [7, 11) is 1.81. The van der Waals surface area contributed by atoms with Gasteiger partial charge in [0.05, 0.1) is 5.54 Å². The molecule has 0 heterocycles. The first-order valence-corrected chi connectivity index (χ1v) is 6.19. The summed E-state index contributed by atoms with van der Waals surface area (Å²) in [4.78, 5) is 12.2. The molecule has 0 bridgehead atoms. The van der Waals surface area contributed by atoms with E-state index in [1.165, 1.54) is 5.56 Å². The zero-order chi connectivity index (χ0) is 13.1. The highest BCUT2D eigenvalue weighted by Crippen LogP contribution is 2.15. The predicted molar refractivity (Wildman–Crippen MR) is 72.5 cm³/mol. The van der Waals surface area contributed by atoms with Crippen molar-refractivity contribution in [1.82, 2.24) is 5.32 Å². The van der Waals surface area contributed by atoms with Gasteiger partial charge < -0.3 is 5.32 Å². The Balaban J connectivity index is 2.84. The van der Waals surface area contributed by atoms with E-state index in [0.717, 1.165) is 12.0 Å². The van der Waals surface area contributed by atoms with E-state index in [2.05, 4.69) is 31.3 Å². The summed E-state index contributed by atoms with van der Waals surface area (Å²) in [5.74, 6) is 0.779. The predicted octanol–water partition coefficient (Wildman–Crippen LogP) is 3.07. The van der Waals surface area contributed by atoms with Crippen molar-refractivity contribution < 1.29 is 4.79 Å². The van der Waals surface area contributed by atoms with Crippen molar-refractivity contribution in [3.63, 3.8) is 0 Å². The molecule has 0 atom stereocenters. The van der Waals surface area contributed by atoms with Gasteiger partial charge >= 0.3 is 0 Å². The highest BCUT2D eigenvalue weighted by molar-refractivity contribution is 6.02. The van der Waals surface area contributed by atoms with Gasteiger partial charge in [-0.25, -0.2) is 0 Å². The molecular formula is C15H23NO. The lowest BCUT2D eigenvalue weighted by molar-refractivity contribution is 0.0889. The third-order valence-corrected chi connectivity index (χ3v) is 3.05. The quantitative estimate of drug-likeness (QED) is 0.792. The van der Waals surface area contributed by atoms with Crippen molar-refractivity contribution >= 4 is 5.78 Å². The highest BCUT2D eigenvalue weighted by atomic mass is 16.1. The van der Waals surface area contributed by atoms with Gasteiger partial charge in [0, 0.05) is 5.56 Å². The minimum Gasteiger partial charge on any atom is -0.308 e. The van der Waals surface area contributed by atoms with Gasteiger partial charge in [0.25, 0.3) is 0 Å². The van der Waals surface area contributed by atoms with Crippen molar-refractivity contribution in [3.8, 4) is 0 Å². The molecule has 0 aliphatic rings. The molecule has 1 aromatic rings. The molecule has 2 heteroatoms. The van der Waals surface area contributed by atoms with Gasteiger partial charge in [0.1, 0.15) is 0 Å². The summed E-state index contributed by atoms with van der Waals surface area (Å²) in [5.41, 5.74) is 1.57. The summed E-state index contributed by atoms with van der Waals surface area (Å²) >= 11 is 0. The smallest absolute Gasteiger partial charge is 0.182 e. The van der Waals surface area contributed by atoms with Crippen molar-refractivity contribution in [1.29, 1.82) is 0 Å². The Morgan fingerprint density at radius 2 is 1.76 bits per heavy atom. The number of ketones is 1. The van der Waals surface area contributed by atoms with Crippen molar-refractivity contribution in [2.45, 2.75) is 39.7 Å². The van der Waals surface area contributed by atoms with Gasteiger partial charge in [-0.3, -0.25) is 4.79 Å². The topological polar surface area (TPSA) is 29.1 Å². The van der Waals surface area contributed by atoms with Crippen molar-refractivity contribution in [2.24, 2.45) is 5.92 Å². The average Bonchev–Trinajstić information content (AvgIpc) is 2.28. The van der Waals surface area contributed by atoms with Crippen LogP contribution in [0.15, 0.2) is 24.3 Å². The molecule has 0 spiro atoms. The number of rotatable bonds is 5. The van der Waals surface area contributed by atoms with Crippen LogP contribution in [0.25, 0.3) is 0 Å². The molecular weight excluding hydrogens is 210 g/mol. The largest absolute Gasteiger partial charge is 0.308 e. The maximum atomic E-state index is 12.2. The van der Waals surface area contributed by atoms with Gasteiger partial charge in [-0.05, 0) is 38.8 Å². The van der Waals surface area contributed by atoms with Gasteiger partial charge in [-0.15, -0.1) is 0 Å². The molecule has 0 amide bonds. The molecule has 0 unspecified atom stereocenters. The Morgan fingerprint density at radius 1 is 1.24 bits per heavy atom. The van der Waals surface area contributed by atoms with Crippen LogP contribution in [-0.4, -0.2) is 18.4 Å². The van der Waals surface area contributed by atoms with E-state index in [-0.39, 0.29) is 5.78 Å². The highest BCUT2D eigenvalue weighted by Gasteiger charge is 2.26. The second kappa shape index (κ2) is 5.46. The van der Waals surface area contributed by atoms with Crippen LogP contribution in [0, 0.1) is 5.92 Å². The number of hydrogen-bond donors (Lipinski definition) is 1. The minimum atomic E-state index is -0.500. The third-order valence-electron chi connectivity index (χ3n) is 3.05. The Bertz CT molecular complexity index is 376. The van der Waals surface area contributed by atoms with E-state index in [9.17, 15) is 4.79 Å². The Morgan fingerprint density at radius 3 is 2.18 bits per heavy atom. The molecule has 1 rings (SSSR count). The Kier molecular flexibility index (Phi) is 4.47. The molecule has 0 fully saturated rings.